The molecule has 4 aromatic rings. The van der Waals surface area contributed by atoms with Gasteiger partial charge in [-0.05, 0) is 32.9 Å². The highest BCUT2D eigenvalue weighted by Crippen LogP contribution is 2.19. The van der Waals surface area contributed by atoms with Gasteiger partial charge in [-0.1, -0.05) is 48.0 Å². The average molecular weight is 371 g/mol. The third-order valence-electron chi connectivity index (χ3n) is 4.75. The molecule has 0 radical (unpaired) electrons. The van der Waals surface area contributed by atoms with Crippen molar-refractivity contribution in [2.24, 2.45) is 0 Å². The molecule has 0 saturated carbocycles. The normalized spacial score (nSPS) is 11.0. The van der Waals surface area contributed by atoms with Crippen molar-refractivity contribution in [2.75, 3.05) is 5.32 Å². The molecule has 28 heavy (non-hydrogen) atoms. The molecule has 2 aromatic carbocycles. The van der Waals surface area contributed by atoms with Crippen LogP contribution in [0.5, 0.6) is 0 Å². The molecule has 6 heteroatoms. The summed E-state index contributed by atoms with van der Waals surface area (Å²) in [5.41, 5.74) is 5.39. The molecule has 0 aliphatic heterocycles. The lowest BCUT2D eigenvalue weighted by atomic mass is 10.1. The number of fused-ring (bicyclic) bond motifs is 1. The summed E-state index contributed by atoms with van der Waals surface area (Å²) in [6.45, 7) is 5.86. The van der Waals surface area contributed by atoms with Crippen molar-refractivity contribution in [2.45, 2.75) is 27.2 Å². The average Bonchev–Trinajstić information content (AvgIpc) is 3.12. The Balaban J connectivity index is 1.63. The van der Waals surface area contributed by atoms with E-state index in [4.69, 9.17) is 0 Å². The van der Waals surface area contributed by atoms with Gasteiger partial charge in [0.25, 0.3) is 5.78 Å². The highest BCUT2D eigenvalue weighted by molar-refractivity contribution is 5.92. The quantitative estimate of drug-likeness (QED) is 0.591. The van der Waals surface area contributed by atoms with Gasteiger partial charge in [0.2, 0.25) is 5.91 Å². The fraction of sp³-hybridized carbons (Fsp3) is 0.182. The fourth-order valence-corrected chi connectivity index (χ4v) is 3.18. The van der Waals surface area contributed by atoms with Crippen LogP contribution in [0.4, 0.5) is 5.69 Å². The van der Waals surface area contributed by atoms with Crippen LogP contribution in [0.15, 0.2) is 54.6 Å². The molecule has 4 rings (SSSR count). The largest absolute Gasteiger partial charge is 0.326 e. The molecular formula is C22H21N5O. The van der Waals surface area contributed by atoms with E-state index in [-0.39, 0.29) is 12.3 Å². The molecular weight excluding hydrogens is 350 g/mol. The van der Waals surface area contributed by atoms with Crippen LogP contribution in [-0.2, 0) is 11.2 Å². The zero-order valence-electron chi connectivity index (χ0n) is 16.1. The maximum Gasteiger partial charge on any atom is 0.253 e. The summed E-state index contributed by atoms with van der Waals surface area (Å²) in [5, 5.41) is 7.54. The lowest BCUT2D eigenvalue weighted by molar-refractivity contribution is -0.115. The molecule has 0 unspecified atom stereocenters. The zero-order valence-corrected chi connectivity index (χ0v) is 16.1. The van der Waals surface area contributed by atoms with Gasteiger partial charge >= 0.3 is 0 Å². The monoisotopic (exact) mass is 371 g/mol. The first-order chi connectivity index (χ1) is 13.5. The van der Waals surface area contributed by atoms with Crippen LogP contribution in [0.3, 0.4) is 0 Å². The Kier molecular flexibility index (Phi) is 4.61. The lowest BCUT2D eigenvalue weighted by Crippen LogP contribution is -2.17. The van der Waals surface area contributed by atoms with Crippen molar-refractivity contribution in [3.63, 3.8) is 0 Å². The predicted octanol–water partition coefficient (Wildman–Crippen LogP) is 3.90. The molecule has 2 aromatic heterocycles. The number of rotatable bonds is 4. The van der Waals surface area contributed by atoms with Crippen molar-refractivity contribution in [3.8, 4) is 11.4 Å². The Hall–Kier alpha value is -3.54. The number of hydrogen-bond donors (Lipinski definition) is 1. The zero-order chi connectivity index (χ0) is 19.7. The van der Waals surface area contributed by atoms with Gasteiger partial charge in [-0.15, -0.1) is 5.10 Å². The smallest absolute Gasteiger partial charge is 0.253 e. The fourth-order valence-electron chi connectivity index (χ4n) is 3.18. The Bertz CT molecular complexity index is 1150. The number of aromatic nitrogens is 4. The molecule has 0 saturated heterocycles. The van der Waals surface area contributed by atoms with Crippen molar-refractivity contribution in [1.82, 2.24) is 19.6 Å². The van der Waals surface area contributed by atoms with Crippen molar-refractivity contribution >= 4 is 17.4 Å². The van der Waals surface area contributed by atoms with Gasteiger partial charge in [-0.3, -0.25) is 4.79 Å². The van der Waals surface area contributed by atoms with Crippen LogP contribution < -0.4 is 5.32 Å². The number of carbonyl (C=O) groups excluding carboxylic acids is 1. The predicted molar refractivity (Wildman–Crippen MR) is 109 cm³/mol. The van der Waals surface area contributed by atoms with Crippen LogP contribution in [0.25, 0.3) is 17.2 Å². The van der Waals surface area contributed by atoms with Gasteiger partial charge < -0.3 is 5.32 Å². The second kappa shape index (κ2) is 7.23. The molecule has 1 N–H and O–H groups in total. The number of anilines is 1. The molecule has 1 amide bonds. The van der Waals surface area contributed by atoms with Gasteiger partial charge in [-0.2, -0.15) is 4.98 Å². The molecule has 0 aliphatic rings. The first-order valence-corrected chi connectivity index (χ1v) is 9.16. The molecule has 6 nitrogen and oxygen atoms in total. The van der Waals surface area contributed by atoms with Crippen LogP contribution >= 0.6 is 0 Å². The van der Waals surface area contributed by atoms with E-state index in [9.17, 15) is 4.79 Å². The van der Waals surface area contributed by atoms with E-state index in [0.29, 0.717) is 11.6 Å². The van der Waals surface area contributed by atoms with E-state index in [0.717, 1.165) is 33.8 Å². The van der Waals surface area contributed by atoms with Crippen molar-refractivity contribution in [3.05, 3.63) is 77.1 Å². The first-order valence-electron chi connectivity index (χ1n) is 9.16. The Morgan fingerprint density at radius 2 is 1.68 bits per heavy atom. The maximum atomic E-state index is 12.5. The van der Waals surface area contributed by atoms with E-state index in [2.05, 4.69) is 20.4 Å². The number of carbonyl (C=O) groups is 1. The number of hydrogen-bond acceptors (Lipinski definition) is 4. The summed E-state index contributed by atoms with van der Waals surface area (Å²) in [6.07, 6.45) is 0.231. The van der Waals surface area contributed by atoms with Crippen molar-refractivity contribution in [1.29, 1.82) is 0 Å². The van der Waals surface area contributed by atoms with Crippen LogP contribution in [0.1, 0.15) is 22.5 Å². The second-order valence-electron chi connectivity index (χ2n) is 6.87. The Morgan fingerprint density at radius 1 is 0.964 bits per heavy atom. The number of amides is 1. The minimum Gasteiger partial charge on any atom is -0.326 e. The van der Waals surface area contributed by atoms with Crippen LogP contribution in [-0.4, -0.2) is 25.5 Å². The molecule has 0 atom stereocenters. The Morgan fingerprint density at radius 3 is 2.39 bits per heavy atom. The molecule has 140 valence electrons. The summed E-state index contributed by atoms with van der Waals surface area (Å²) in [7, 11) is 0. The van der Waals surface area contributed by atoms with Gasteiger partial charge in [-0.25, -0.2) is 9.50 Å². The van der Waals surface area contributed by atoms with Gasteiger partial charge in [0, 0.05) is 28.2 Å². The molecule has 0 fully saturated rings. The van der Waals surface area contributed by atoms with Gasteiger partial charge in [0.05, 0.1) is 6.42 Å². The van der Waals surface area contributed by atoms with Crippen LogP contribution in [0, 0.1) is 20.8 Å². The van der Waals surface area contributed by atoms with Gasteiger partial charge in [0.1, 0.15) is 0 Å². The highest BCUT2D eigenvalue weighted by Gasteiger charge is 2.16. The molecule has 0 spiro atoms. The molecule has 2 heterocycles. The third-order valence-corrected chi connectivity index (χ3v) is 4.75. The SMILES string of the molecule is Cc1ccc(NC(=O)Cc2c(C)nc3nc(-c4ccccc4)nn3c2C)cc1. The van der Waals surface area contributed by atoms with E-state index < -0.39 is 0 Å². The summed E-state index contributed by atoms with van der Waals surface area (Å²) in [4.78, 5) is 21.7. The topological polar surface area (TPSA) is 72.2 Å². The number of benzene rings is 2. The third kappa shape index (κ3) is 3.49. The van der Waals surface area contributed by atoms with E-state index >= 15 is 0 Å². The summed E-state index contributed by atoms with van der Waals surface area (Å²) >= 11 is 0. The second-order valence-corrected chi connectivity index (χ2v) is 6.87. The number of nitrogens with zero attached hydrogens (tertiary/aromatic N) is 4. The summed E-state index contributed by atoms with van der Waals surface area (Å²) in [6, 6.07) is 17.5. The van der Waals surface area contributed by atoms with E-state index in [1.165, 1.54) is 0 Å². The number of aryl methyl sites for hydroxylation is 3. The minimum atomic E-state index is -0.0837. The van der Waals surface area contributed by atoms with Crippen molar-refractivity contribution < 1.29 is 4.79 Å². The van der Waals surface area contributed by atoms with E-state index in [1.54, 1.807) is 4.52 Å². The maximum absolute atomic E-state index is 12.5. The Labute approximate surface area is 163 Å². The highest BCUT2D eigenvalue weighted by atomic mass is 16.1. The molecule has 0 bridgehead atoms. The van der Waals surface area contributed by atoms with E-state index in [1.807, 2.05) is 75.4 Å². The lowest BCUT2D eigenvalue weighted by Gasteiger charge is -2.11. The van der Waals surface area contributed by atoms with Crippen LogP contribution in [0.2, 0.25) is 0 Å². The summed E-state index contributed by atoms with van der Waals surface area (Å²) in [5.74, 6) is 1.08. The summed E-state index contributed by atoms with van der Waals surface area (Å²) < 4.78 is 1.71. The number of nitrogens with one attached hydrogen (secondary N) is 1. The standard InChI is InChI=1S/C22H21N5O/c1-14-9-11-18(12-10-14)24-20(28)13-19-15(2)23-22-25-21(26-27(22)16(19)3)17-7-5-4-6-8-17/h4-12H,13H2,1-3H3,(H,24,28). The molecule has 0 aliphatic carbocycles. The van der Waals surface area contributed by atoms with Gasteiger partial charge in [0.15, 0.2) is 5.82 Å². The first kappa shape index (κ1) is 17.9. The minimum absolute atomic E-state index is 0.0837.